The van der Waals surface area contributed by atoms with Crippen LogP contribution in [0.1, 0.15) is 30.0 Å². The van der Waals surface area contributed by atoms with E-state index in [0.29, 0.717) is 17.5 Å². The van der Waals surface area contributed by atoms with E-state index in [2.05, 4.69) is 15.4 Å². The van der Waals surface area contributed by atoms with E-state index in [1.165, 1.54) is 11.3 Å². The van der Waals surface area contributed by atoms with Crippen LogP contribution in [-0.4, -0.2) is 33.1 Å². The number of aryl methyl sites for hydroxylation is 1. The zero-order valence-corrected chi connectivity index (χ0v) is 17.9. The zero-order valence-electron chi connectivity index (χ0n) is 17.0. The molecular weight excluding hydrogens is 410 g/mol. The summed E-state index contributed by atoms with van der Waals surface area (Å²) < 4.78 is 2.68. The molecule has 1 N–H and O–H groups in total. The average Bonchev–Trinajstić information content (AvgIpc) is 3.42. The van der Waals surface area contributed by atoms with Gasteiger partial charge >= 0.3 is 0 Å². The maximum absolute atomic E-state index is 13.8. The van der Waals surface area contributed by atoms with Crippen molar-refractivity contribution in [1.29, 1.82) is 0 Å². The van der Waals surface area contributed by atoms with Crippen molar-refractivity contribution in [3.05, 3.63) is 65.4 Å². The molecule has 0 unspecified atom stereocenters. The average molecular weight is 430 g/mol. The molecule has 8 heteroatoms. The van der Waals surface area contributed by atoms with Gasteiger partial charge in [0.15, 0.2) is 0 Å². The van der Waals surface area contributed by atoms with E-state index in [-0.39, 0.29) is 18.2 Å². The summed E-state index contributed by atoms with van der Waals surface area (Å²) in [5, 5.41) is 8.19. The third-order valence-corrected chi connectivity index (χ3v) is 7.22. The van der Waals surface area contributed by atoms with Crippen LogP contribution >= 0.6 is 11.3 Å². The van der Waals surface area contributed by atoms with Gasteiger partial charge in [0.1, 0.15) is 11.2 Å². The second-order valence-corrected chi connectivity index (χ2v) is 8.99. The number of hydrogen-bond acceptors (Lipinski definition) is 5. The maximum atomic E-state index is 13.8. The summed E-state index contributed by atoms with van der Waals surface area (Å²) in [7, 11) is 0. The molecule has 1 spiro atoms. The first-order chi connectivity index (χ1) is 15.0. The summed E-state index contributed by atoms with van der Waals surface area (Å²) in [6.45, 7) is 4.50. The second-order valence-electron chi connectivity index (χ2n) is 7.98. The van der Waals surface area contributed by atoms with Crippen LogP contribution in [0.25, 0.3) is 15.3 Å². The van der Waals surface area contributed by atoms with Gasteiger partial charge in [-0.05, 0) is 37.6 Å². The van der Waals surface area contributed by atoms with Crippen molar-refractivity contribution < 1.29 is 9.59 Å². The lowest BCUT2D eigenvalue weighted by Gasteiger charge is -2.32. The molecule has 0 bridgehead atoms. The molecule has 2 aliphatic rings. The Morgan fingerprint density at radius 3 is 2.81 bits per heavy atom. The fraction of sp³-hybridized carbons (Fsp3) is 0.217. The fourth-order valence-electron chi connectivity index (χ4n) is 4.82. The van der Waals surface area contributed by atoms with Crippen molar-refractivity contribution in [2.45, 2.75) is 25.7 Å². The predicted molar refractivity (Wildman–Crippen MR) is 120 cm³/mol. The number of thiazole rings is 1. The third kappa shape index (κ3) is 2.33. The SMILES string of the molecule is CCN1C(=O)[C@@]2(CC(=O)Nc3c2cnn3-c2nc3ccccc3s2)c2cc(C)ccc21. The Morgan fingerprint density at radius 2 is 2.00 bits per heavy atom. The Hall–Kier alpha value is -3.52. The lowest BCUT2D eigenvalue weighted by atomic mass is 9.71. The number of aromatic nitrogens is 3. The first kappa shape index (κ1) is 18.3. The van der Waals surface area contributed by atoms with E-state index in [9.17, 15) is 9.59 Å². The van der Waals surface area contributed by atoms with Crippen molar-refractivity contribution in [2.24, 2.45) is 0 Å². The van der Waals surface area contributed by atoms with Crippen LogP contribution in [0.3, 0.4) is 0 Å². The van der Waals surface area contributed by atoms with Gasteiger partial charge in [-0.3, -0.25) is 9.59 Å². The van der Waals surface area contributed by atoms with E-state index >= 15 is 0 Å². The molecule has 1 atom stereocenters. The molecule has 7 nitrogen and oxygen atoms in total. The standard InChI is InChI=1S/C23H19N5O2S/c1-3-27-17-9-8-13(2)10-14(17)23(21(27)30)11-19(29)26-20-15(23)12-24-28(20)22-25-16-6-4-5-7-18(16)31-22/h4-10,12H,3,11H2,1-2H3,(H,26,29)/t23-/m0/s1. The fourth-order valence-corrected chi connectivity index (χ4v) is 5.75. The van der Waals surface area contributed by atoms with Gasteiger partial charge < -0.3 is 10.2 Å². The maximum Gasteiger partial charge on any atom is 0.242 e. The number of amides is 2. The van der Waals surface area contributed by atoms with Crippen LogP contribution in [0.15, 0.2) is 48.7 Å². The molecule has 4 aromatic rings. The van der Waals surface area contributed by atoms with Crippen LogP contribution in [0.5, 0.6) is 0 Å². The van der Waals surface area contributed by atoms with Crippen LogP contribution < -0.4 is 10.2 Å². The number of nitrogens with one attached hydrogen (secondary N) is 1. The summed E-state index contributed by atoms with van der Waals surface area (Å²) in [5.41, 5.74) is 3.32. The summed E-state index contributed by atoms with van der Waals surface area (Å²) in [6.07, 6.45) is 1.78. The Balaban J connectivity index is 1.61. The highest BCUT2D eigenvalue weighted by Gasteiger charge is 2.57. The van der Waals surface area contributed by atoms with Crippen molar-refractivity contribution in [2.75, 3.05) is 16.8 Å². The number of carbonyl (C=O) groups excluding carboxylic acids is 2. The third-order valence-electron chi connectivity index (χ3n) is 6.21. The predicted octanol–water partition coefficient (Wildman–Crippen LogP) is 3.79. The number of hydrogen-bond donors (Lipinski definition) is 1. The monoisotopic (exact) mass is 429 g/mol. The van der Waals surface area contributed by atoms with E-state index in [4.69, 9.17) is 0 Å². The van der Waals surface area contributed by atoms with Gasteiger partial charge in [-0.25, -0.2) is 4.98 Å². The van der Waals surface area contributed by atoms with Crippen LogP contribution in [0, 0.1) is 6.92 Å². The minimum absolute atomic E-state index is 0.0668. The number of rotatable bonds is 2. The zero-order chi connectivity index (χ0) is 21.3. The molecule has 2 aliphatic heterocycles. The molecule has 0 saturated heterocycles. The number of fused-ring (bicyclic) bond motifs is 5. The molecule has 2 aromatic heterocycles. The highest BCUT2D eigenvalue weighted by Crippen LogP contribution is 2.52. The van der Waals surface area contributed by atoms with E-state index in [1.807, 2.05) is 56.3 Å². The molecule has 31 heavy (non-hydrogen) atoms. The largest absolute Gasteiger partial charge is 0.311 e. The first-order valence-corrected chi connectivity index (χ1v) is 11.0. The second kappa shape index (κ2) is 6.24. The summed E-state index contributed by atoms with van der Waals surface area (Å²) in [4.78, 5) is 33.2. The molecule has 2 aromatic carbocycles. The van der Waals surface area contributed by atoms with Crippen molar-refractivity contribution in [1.82, 2.24) is 14.8 Å². The van der Waals surface area contributed by atoms with E-state index < -0.39 is 5.41 Å². The van der Waals surface area contributed by atoms with Crippen LogP contribution in [0.4, 0.5) is 11.5 Å². The normalized spacial score (nSPS) is 19.7. The molecular formula is C23H19N5O2S. The Labute approximate surface area is 182 Å². The van der Waals surface area contributed by atoms with Gasteiger partial charge in [0, 0.05) is 24.2 Å². The Bertz CT molecular complexity index is 1370. The molecule has 6 rings (SSSR count). The smallest absolute Gasteiger partial charge is 0.242 e. The van der Waals surface area contributed by atoms with Crippen molar-refractivity contribution in [3.63, 3.8) is 0 Å². The molecule has 0 fully saturated rings. The van der Waals surface area contributed by atoms with Gasteiger partial charge in [0.25, 0.3) is 0 Å². The summed E-state index contributed by atoms with van der Waals surface area (Å²) in [6, 6.07) is 13.9. The molecule has 0 saturated carbocycles. The molecule has 2 amide bonds. The number of para-hydroxylation sites is 1. The van der Waals surface area contributed by atoms with Gasteiger partial charge in [-0.1, -0.05) is 41.2 Å². The van der Waals surface area contributed by atoms with Gasteiger partial charge in [0.2, 0.25) is 16.9 Å². The lowest BCUT2D eigenvalue weighted by molar-refractivity contribution is -0.126. The molecule has 0 radical (unpaired) electrons. The number of benzene rings is 2. The van der Waals surface area contributed by atoms with E-state index in [1.54, 1.807) is 15.8 Å². The highest BCUT2D eigenvalue weighted by molar-refractivity contribution is 7.20. The summed E-state index contributed by atoms with van der Waals surface area (Å²) >= 11 is 1.50. The highest BCUT2D eigenvalue weighted by atomic mass is 32.1. The molecule has 0 aliphatic carbocycles. The number of anilines is 2. The minimum Gasteiger partial charge on any atom is -0.311 e. The Kier molecular flexibility index (Phi) is 3.68. The van der Waals surface area contributed by atoms with E-state index in [0.717, 1.165) is 32.6 Å². The quantitative estimate of drug-likeness (QED) is 0.526. The number of nitrogens with zero attached hydrogens (tertiary/aromatic N) is 4. The van der Waals surface area contributed by atoms with Gasteiger partial charge in [-0.2, -0.15) is 9.78 Å². The molecule has 4 heterocycles. The number of carbonyl (C=O) groups is 2. The lowest BCUT2D eigenvalue weighted by Crippen LogP contribution is -2.46. The van der Waals surface area contributed by atoms with Crippen LogP contribution in [-0.2, 0) is 15.0 Å². The van der Waals surface area contributed by atoms with Gasteiger partial charge in [-0.15, -0.1) is 0 Å². The first-order valence-electron chi connectivity index (χ1n) is 10.2. The van der Waals surface area contributed by atoms with Gasteiger partial charge in [0.05, 0.1) is 16.4 Å². The van der Waals surface area contributed by atoms with Crippen LogP contribution in [0.2, 0.25) is 0 Å². The molecule has 154 valence electrons. The minimum atomic E-state index is -1.07. The van der Waals surface area contributed by atoms with Crippen molar-refractivity contribution in [3.8, 4) is 5.13 Å². The Morgan fingerprint density at radius 1 is 1.16 bits per heavy atom. The number of likely N-dealkylation sites (N-methyl/N-ethyl adjacent to an activating group) is 1. The van der Waals surface area contributed by atoms with Crippen molar-refractivity contribution >= 4 is 44.9 Å². The topological polar surface area (TPSA) is 80.1 Å². The summed E-state index contributed by atoms with van der Waals surface area (Å²) in [5.74, 6) is 0.249.